The molecule has 0 saturated heterocycles. The molecule has 28 heavy (non-hydrogen) atoms. The van der Waals surface area contributed by atoms with E-state index in [2.05, 4.69) is 5.09 Å². The topological polar surface area (TPSA) is 117 Å². The van der Waals surface area contributed by atoms with Crippen LogP contribution in [0.1, 0.15) is 12.8 Å². The third kappa shape index (κ3) is 6.07. The van der Waals surface area contributed by atoms with E-state index in [1.165, 1.54) is 24.3 Å². The number of benzene rings is 2. The van der Waals surface area contributed by atoms with Gasteiger partial charge in [-0.05, 0) is 43.0 Å². The fourth-order valence-corrected chi connectivity index (χ4v) is 3.47. The van der Waals surface area contributed by atoms with Gasteiger partial charge in [0.1, 0.15) is 18.0 Å². The lowest BCUT2D eigenvalue weighted by Crippen LogP contribution is -2.27. The summed E-state index contributed by atoms with van der Waals surface area (Å²) in [6.45, 7) is -0.0304. The number of nitro groups is 1. The number of para-hydroxylation sites is 1. The van der Waals surface area contributed by atoms with Crippen LogP contribution in [0.4, 0.5) is 5.69 Å². The fraction of sp³-hybridized carbons (Fsp3) is 0.278. The maximum atomic E-state index is 13.1. The molecular weight excluding hydrogens is 387 g/mol. The van der Waals surface area contributed by atoms with E-state index in [-0.39, 0.29) is 23.7 Å². The number of nitrogens with zero attached hydrogens (tertiary/aromatic N) is 1. The number of non-ortho nitro benzene ring substituents is 1. The number of nitro benzene ring substituents is 1. The zero-order chi connectivity index (χ0) is 20.0. The Morgan fingerprint density at radius 2 is 1.68 bits per heavy atom. The fourth-order valence-electron chi connectivity index (χ4n) is 2.18. The van der Waals surface area contributed by atoms with Gasteiger partial charge in [-0.2, -0.15) is 5.09 Å². The molecule has 0 bridgehead atoms. The van der Waals surface area contributed by atoms with Gasteiger partial charge in [0.25, 0.3) is 5.69 Å². The molecule has 0 aromatic heterocycles. The van der Waals surface area contributed by atoms with Crippen molar-refractivity contribution in [2.45, 2.75) is 12.8 Å². The van der Waals surface area contributed by atoms with Crippen molar-refractivity contribution in [3.8, 4) is 11.5 Å². The molecule has 1 fully saturated rings. The summed E-state index contributed by atoms with van der Waals surface area (Å²) in [6, 6.07) is 13.3. The smallest absolute Gasteiger partial charge is 0.464 e. The number of carbonyl (C=O) groups is 1. The highest BCUT2D eigenvalue weighted by Gasteiger charge is 2.30. The molecule has 0 radical (unpaired) electrons. The molecule has 3 rings (SSSR count). The SMILES string of the molecule is O=C(CNP(=O)(Oc1ccccc1)Oc1ccc([N+](=O)[O-])cc1)OCC1CC1. The van der Waals surface area contributed by atoms with E-state index in [0.717, 1.165) is 12.8 Å². The second-order valence-electron chi connectivity index (χ2n) is 6.21. The van der Waals surface area contributed by atoms with Crippen LogP contribution in [0, 0.1) is 16.0 Å². The van der Waals surface area contributed by atoms with E-state index in [4.69, 9.17) is 13.8 Å². The zero-order valence-electron chi connectivity index (χ0n) is 14.9. The van der Waals surface area contributed by atoms with Crippen molar-refractivity contribution in [1.29, 1.82) is 0 Å². The zero-order valence-corrected chi connectivity index (χ0v) is 15.7. The average Bonchev–Trinajstić information content (AvgIpc) is 3.50. The van der Waals surface area contributed by atoms with Gasteiger partial charge in [-0.15, -0.1) is 0 Å². The third-order valence-corrected chi connectivity index (χ3v) is 5.28. The highest BCUT2D eigenvalue weighted by molar-refractivity contribution is 7.52. The molecule has 1 aliphatic rings. The number of rotatable bonds is 10. The summed E-state index contributed by atoms with van der Waals surface area (Å²) in [6.07, 6.45) is 2.08. The van der Waals surface area contributed by atoms with E-state index in [1.807, 2.05) is 0 Å². The van der Waals surface area contributed by atoms with E-state index in [0.29, 0.717) is 12.5 Å². The molecule has 0 heterocycles. The van der Waals surface area contributed by atoms with E-state index >= 15 is 0 Å². The van der Waals surface area contributed by atoms with Crippen molar-refractivity contribution < 1.29 is 28.1 Å². The molecule has 1 N–H and O–H groups in total. The Kier molecular flexibility index (Phi) is 6.28. The van der Waals surface area contributed by atoms with Gasteiger partial charge in [0.15, 0.2) is 0 Å². The van der Waals surface area contributed by atoms with Gasteiger partial charge < -0.3 is 13.8 Å². The molecule has 2 aromatic carbocycles. The molecule has 1 aliphatic carbocycles. The highest BCUT2D eigenvalue weighted by Crippen LogP contribution is 2.44. The number of esters is 1. The minimum atomic E-state index is -4.01. The Bertz CT molecular complexity index is 869. The molecule has 9 nitrogen and oxygen atoms in total. The van der Waals surface area contributed by atoms with Crippen LogP contribution in [-0.4, -0.2) is 24.0 Å². The maximum absolute atomic E-state index is 13.1. The molecule has 2 aromatic rings. The Morgan fingerprint density at radius 3 is 2.25 bits per heavy atom. The van der Waals surface area contributed by atoms with Crippen molar-refractivity contribution in [3.05, 3.63) is 64.7 Å². The Balaban J connectivity index is 1.68. The lowest BCUT2D eigenvalue weighted by Gasteiger charge is -2.20. The minimum absolute atomic E-state index is 0.0868. The van der Waals surface area contributed by atoms with Crippen LogP contribution in [0.25, 0.3) is 0 Å². The van der Waals surface area contributed by atoms with Crippen LogP contribution in [0.15, 0.2) is 54.6 Å². The van der Waals surface area contributed by atoms with Crippen molar-refractivity contribution >= 4 is 19.4 Å². The van der Waals surface area contributed by atoms with Crippen molar-refractivity contribution in [3.63, 3.8) is 0 Å². The summed E-state index contributed by atoms with van der Waals surface area (Å²) in [4.78, 5) is 22.0. The minimum Gasteiger partial charge on any atom is -0.464 e. The van der Waals surface area contributed by atoms with Crippen LogP contribution in [0.5, 0.6) is 11.5 Å². The first-order chi connectivity index (χ1) is 13.4. The predicted octanol–water partition coefficient (Wildman–Crippen LogP) is 3.70. The van der Waals surface area contributed by atoms with Crippen LogP contribution in [0.2, 0.25) is 0 Å². The summed E-state index contributed by atoms with van der Waals surface area (Å²) >= 11 is 0. The second kappa shape index (κ2) is 8.86. The second-order valence-corrected chi connectivity index (χ2v) is 7.88. The summed E-state index contributed by atoms with van der Waals surface area (Å²) in [7, 11) is -4.01. The van der Waals surface area contributed by atoms with Crippen LogP contribution in [0.3, 0.4) is 0 Å². The number of carbonyl (C=O) groups excluding carboxylic acids is 1. The molecule has 1 atom stereocenters. The molecular formula is C18H19N2O7P. The van der Waals surface area contributed by atoms with Crippen molar-refractivity contribution in [2.24, 2.45) is 5.92 Å². The molecule has 10 heteroatoms. The highest BCUT2D eigenvalue weighted by atomic mass is 31.2. The summed E-state index contributed by atoms with van der Waals surface area (Å²) in [5.74, 6) is 0.194. The molecule has 1 unspecified atom stereocenters. The van der Waals surface area contributed by atoms with Gasteiger partial charge >= 0.3 is 13.7 Å². The number of ether oxygens (including phenoxy) is 1. The quantitative estimate of drug-likeness (QED) is 0.275. The van der Waals surface area contributed by atoms with Crippen molar-refractivity contribution in [1.82, 2.24) is 5.09 Å². The summed E-state index contributed by atoms with van der Waals surface area (Å²) in [5.41, 5.74) is -0.136. The Morgan fingerprint density at radius 1 is 1.07 bits per heavy atom. The number of nitrogens with one attached hydrogen (secondary N) is 1. The third-order valence-electron chi connectivity index (χ3n) is 3.84. The largest absolute Gasteiger partial charge is 0.513 e. The first kappa shape index (κ1) is 19.9. The predicted molar refractivity (Wildman–Crippen MR) is 100 cm³/mol. The molecule has 148 valence electrons. The van der Waals surface area contributed by atoms with Gasteiger partial charge in [-0.3, -0.25) is 14.9 Å². The first-order valence-corrected chi connectivity index (χ1v) is 10.2. The van der Waals surface area contributed by atoms with Gasteiger partial charge in [0, 0.05) is 12.1 Å². The normalized spacial score (nSPS) is 15.3. The summed E-state index contributed by atoms with van der Waals surface area (Å²) < 4.78 is 29.1. The monoisotopic (exact) mass is 406 g/mol. The van der Waals surface area contributed by atoms with Crippen LogP contribution < -0.4 is 14.1 Å². The van der Waals surface area contributed by atoms with Gasteiger partial charge in [0.05, 0.1) is 11.5 Å². The Hall–Kier alpha value is -2.90. The van der Waals surface area contributed by atoms with E-state index in [1.54, 1.807) is 30.3 Å². The average molecular weight is 406 g/mol. The van der Waals surface area contributed by atoms with Gasteiger partial charge in [0.2, 0.25) is 0 Å². The lowest BCUT2D eigenvalue weighted by atomic mass is 10.3. The van der Waals surface area contributed by atoms with Crippen LogP contribution in [-0.2, 0) is 14.1 Å². The number of hydrogen-bond acceptors (Lipinski definition) is 7. The summed E-state index contributed by atoms with van der Waals surface area (Å²) in [5, 5.41) is 13.2. The maximum Gasteiger partial charge on any atom is 0.513 e. The Labute approximate surface area is 161 Å². The van der Waals surface area contributed by atoms with E-state index in [9.17, 15) is 19.5 Å². The van der Waals surface area contributed by atoms with Crippen LogP contribution >= 0.6 is 7.75 Å². The van der Waals surface area contributed by atoms with E-state index < -0.39 is 18.6 Å². The molecule has 1 saturated carbocycles. The van der Waals surface area contributed by atoms with Crippen molar-refractivity contribution in [2.75, 3.05) is 13.2 Å². The molecule has 0 spiro atoms. The molecule has 0 amide bonds. The molecule has 0 aliphatic heterocycles. The number of hydrogen-bond donors (Lipinski definition) is 1. The lowest BCUT2D eigenvalue weighted by molar-refractivity contribution is -0.384. The first-order valence-electron chi connectivity index (χ1n) is 8.63. The van der Waals surface area contributed by atoms with Gasteiger partial charge in [-0.25, -0.2) is 4.57 Å². The standard InChI is InChI=1S/C18H19N2O7P/c21-18(25-13-14-6-7-14)12-19-28(24,26-16-4-2-1-3-5-16)27-17-10-8-15(9-11-17)20(22)23/h1-5,8-11,14H,6-7,12-13H2,(H,19,24). The van der Waals surface area contributed by atoms with Gasteiger partial charge in [-0.1, -0.05) is 18.2 Å².